The van der Waals surface area contributed by atoms with Gasteiger partial charge in [0.25, 0.3) is 11.5 Å². The van der Waals surface area contributed by atoms with E-state index in [0.717, 1.165) is 16.9 Å². The molecule has 10 heteroatoms. The van der Waals surface area contributed by atoms with E-state index in [1.807, 2.05) is 24.3 Å². The molecule has 3 heterocycles. The second kappa shape index (κ2) is 7.20. The molecule has 0 unspecified atom stereocenters. The van der Waals surface area contributed by atoms with Crippen molar-refractivity contribution in [2.45, 2.75) is 13.0 Å². The topological polar surface area (TPSA) is 134 Å². The third kappa shape index (κ3) is 3.73. The summed E-state index contributed by atoms with van der Waals surface area (Å²) in [7, 11) is 0. The van der Waals surface area contributed by atoms with Crippen molar-refractivity contribution in [3.8, 4) is 0 Å². The molecule has 0 aliphatic rings. The fourth-order valence-corrected chi connectivity index (χ4v) is 2.66. The van der Waals surface area contributed by atoms with Crippen LogP contribution in [0, 0.1) is 0 Å². The predicted molar refractivity (Wildman–Crippen MR) is 96.1 cm³/mol. The van der Waals surface area contributed by atoms with E-state index in [1.54, 1.807) is 0 Å². The number of nitrogens with one attached hydrogen (secondary N) is 3. The number of carbonyl (C=O) groups is 1. The first kappa shape index (κ1) is 16.6. The molecule has 0 bridgehead atoms. The number of H-pyrrole nitrogens is 2. The Kier molecular flexibility index (Phi) is 4.44. The normalized spacial score (nSPS) is 11.0. The summed E-state index contributed by atoms with van der Waals surface area (Å²) >= 11 is 0. The van der Waals surface area contributed by atoms with Gasteiger partial charge in [0.05, 0.1) is 11.0 Å². The fraction of sp³-hybridized carbons (Fsp3) is 0.176. The molecular weight excluding hydrogens is 348 g/mol. The Bertz CT molecular complexity index is 1100. The number of carbonyl (C=O) groups excluding carboxylic acids is 1. The van der Waals surface area contributed by atoms with Gasteiger partial charge in [-0.1, -0.05) is 12.1 Å². The van der Waals surface area contributed by atoms with Gasteiger partial charge in [0.15, 0.2) is 0 Å². The zero-order chi connectivity index (χ0) is 18.6. The Balaban J connectivity index is 1.37. The number of para-hydroxylation sites is 2. The minimum absolute atomic E-state index is 0.0399. The molecule has 0 saturated heterocycles. The lowest BCUT2D eigenvalue weighted by Crippen LogP contribution is -2.32. The smallest absolute Gasteiger partial charge is 0.263 e. The monoisotopic (exact) mass is 364 g/mol. The highest BCUT2D eigenvalue weighted by molar-refractivity contribution is 5.93. The van der Waals surface area contributed by atoms with Crippen LogP contribution >= 0.6 is 0 Å². The number of rotatable bonds is 6. The van der Waals surface area contributed by atoms with E-state index in [2.05, 4.69) is 35.3 Å². The summed E-state index contributed by atoms with van der Waals surface area (Å²) < 4.78 is 1.52. The van der Waals surface area contributed by atoms with E-state index in [0.29, 0.717) is 18.8 Å². The molecule has 10 nitrogen and oxygen atoms in total. The predicted octanol–water partition coefficient (Wildman–Crippen LogP) is 0.258. The first-order valence-electron chi connectivity index (χ1n) is 8.31. The van der Waals surface area contributed by atoms with Gasteiger partial charge in [0.2, 0.25) is 0 Å². The number of aromatic nitrogens is 7. The lowest BCUT2D eigenvalue weighted by Gasteiger charge is -2.05. The Labute approximate surface area is 152 Å². The minimum atomic E-state index is -0.499. The van der Waals surface area contributed by atoms with Crippen molar-refractivity contribution in [3.05, 3.63) is 70.7 Å². The van der Waals surface area contributed by atoms with Crippen LogP contribution in [0.3, 0.4) is 0 Å². The van der Waals surface area contributed by atoms with Gasteiger partial charge in [-0.25, -0.2) is 19.6 Å². The fourth-order valence-electron chi connectivity index (χ4n) is 2.66. The van der Waals surface area contributed by atoms with E-state index in [9.17, 15) is 9.59 Å². The van der Waals surface area contributed by atoms with Crippen molar-refractivity contribution in [2.75, 3.05) is 6.54 Å². The zero-order valence-corrected chi connectivity index (χ0v) is 14.2. The summed E-state index contributed by atoms with van der Waals surface area (Å²) in [5.74, 6) is 0.684. The maximum Gasteiger partial charge on any atom is 0.263 e. The molecule has 0 atom stereocenters. The SMILES string of the molecule is O=C(NCCc1nc2ccccc2[nH]1)c1cnc(Cn2cncn2)[nH]c1=O. The highest BCUT2D eigenvalue weighted by atomic mass is 16.2. The molecule has 0 fully saturated rings. The molecular formula is C17H16N8O2. The van der Waals surface area contributed by atoms with Crippen molar-refractivity contribution < 1.29 is 4.79 Å². The van der Waals surface area contributed by atoms with Crippen LogP contribution in [-0.2, 0) is 13.0 Å². The van der Waals surface area contributed by atoms with Gasteiger partial charge in [0, 0.05) is 19.2 Å². The number of imidazole rings is 1. The summed E-state index contributed by atoms with van der Waals surface area (Å²) in [5, 5.41) is 6.65. The van der Waals surface area contributed by atoms with Crippen molar-refractivity contribution in [1.29, 1.82) is 0 Å². The van der Waals surface area contributed by atoms with E-state index in [-0.39, 0.29) is 12.1 Å². The van der Waals surface area contributed by atoms with Gasteiger partial charge in [-0.15, -0.1) is 0 Å². The van der Waals surface area contributed by atoms with Gasteiger partial charge in [0.1, 0.15) is 36.4 Å². The maximum atomic E-state index is 12.2. The molecule has 4 rings (SSSR count). The third-order valence-corrected chi connectivity index (χ3v) is 3.96. The standard InChI is InChI=1S/C17H16N8O2/c26-16(19-6-5-14-22-12-3-1-2-4-13(12)23-14)11-7-20-15(24-17(11)27)8-25-10-18-9-21-25/h1-4,7,9-10H,5-6,8H2,(H,19,26)(H,22,23)(H,20,24,27). The second-order valence-electron chi connectivity index (χ2n) is 5.87. The van der Waals surface area contributed by atoms with Crippen LogP contribution in [0.4, 0.5) is 0 Å². The maximum absolute atomic E-state index is 12.2. The quantitative estimate of drug-likeness (QED) is 0.449. The highest BCUT2D eigenvalue weighted by Crippen LogP contribution is 2.10. The lowest BCUT2D eigenvalue weighted by atomic mass is 10.3. The number of nitrogens with zero attached hydrogens (tertiary/aromatic N) is 5. The van der Waals surface area contributed by atoms with Crippen LogP contribution in [0.1, 0.15) is 22.0 Å². The number of hydrogen-bond acceptors (Lipinski definition) is 6. The average Bonchev–Trinajstić information content (AvgIpc) is 3.30. The van der Waals surface area contributed by atoms with Crippen molar-refractivity contribution in [3.63, 3.8) is 0 Å². The first-order valence-corrected chi connectivity index (χ1v) is 8.31. The van der Waals surface area contributed by atoms with Crippen molar-refractivity contribution in [1.82, 2.24) is 40.0 Å². The van der Waals surface area contributed by atoms with Crippen molar-refractivity contribution >= 4 is 16.9 Å². The van der Waals surface area contributed by atoms with Gasteiger partial charge in [-0.05, 0) is 12.1 Å². The summed E-state index contributed by atoms with van der Waals surface area (Å²) in [6, 6.07) is 7.70. The second-order valence-corrected chi connectivity index (χ2v) is 5.87. The Morgan fingerprint density at radius 3 is 2.85 bits per heavy atom. The van der Waals surface area contributed by atoms with Gasteiger partial charge < -0.3 is 15.3 Å². The Morgan fingerprint density at radius 1 is 1.19 bits per heavy atom. The van der Waals surface area contributed by atoms with E-state index >= 15 is 0 Å². The summed E-state index contributed by atoms with van der Waals surface area (Å²) in [6.07, 6.45) is 4.69. The molecule has 1 amide bonds. The summed E-state index contributed by atoms with van der Waals surface area (Å²) in [6.45, 7) is 0.613. The molecule has 0 aliphatic heterocycles. The highest BCUT2D eigenvalue weighted by Gasteiger charge is 2.12. The molecule has 136 valence electrons. The molecule has 4 aromatic rings. The molecule has 0 radical (unpaired) electrons. The van der Waals surface area contributed by atoms with E-state index in [4.69, 9.17) is 0 Å². The van der Waals surface area contributed by atoms with E-state index < -0.39 is 11.5 Å². The summed E-state index contributed by atoms with van der Waals surface area (Å²) in [5.41, 5.74) is 1.29. The van der Waals surface area contributed by atoms with Crippen LogP contribution in [0.15, 0.2) is 47.9 Å². The molecule has 1 aromatic carbocycles. The molecule has 0 spiro atoms. The van der Waals surface area contributed by atoms with E-state index in [1.165, 1.54) is 23.5 Å². The van der Waals surface area contributed by atoms with Crippen LogP contribution in [0.5, 0.6) is 0 Å². The number of fused-ring (bicyclic) bond motifs is 1. The Hall–Kier alpha value is -3.82. The number of benzene rings is 1. The molecule has 0 saturated carbocycles. The average molecular weight is 364 g/mol. The molecule has 27 heavy (non-hydrogen) atoms. The van der Waals surface area contributed by atoms with Crippen LogP contribution in [0.2, 0.25) is 0 Å². The van der Waals surface area contributed by atoms with Crippen molar-refractivity contribution in [2.24, 2.45) is 0 Å². The summed E-state index contributed by atoms with van der Waals surface area (Å²) in [4.78, 5) is 42.5. The number of amides is 1. The largest absolute Gasteiger partial charge is 0.351 e. The minimum Gasteiger partial charge on any atom is -0.351 e. The van der Waals surface area contributed by atoms with Gasteiger partial charge in [-0.2, -0.15) is 5.10 Å². The third-order valence-electron chi connectivity index (χ3n) is 3.96. The van der Waals surface area contributed by atoms with Crippen LogP contribution in [-0.4, -0.2) is 47.2 Å². The number of hydrogen-bond donors (Lipinski definition) is 3. The Morgan fingerprint density at radius 2 is 2.07 bits per heavy atom. The van der Waals surface area contributed by atoms with Crippen LogP contribution < -0.4 is 10.9 Å². The first-order chi connectivity index (χ1) is 13.2. The zero-order valence-electron chi connectivity index (χ0n) is 14.2. The number of aromatic amines is 2. The molecule has 3 N–H and O–H groups in total. The molecule has 3 aromatic heterocycles. The van der Waals surface area contributed by atoms with Crippen LogP contribution in [0.25, 0.3) is 11.0 Å². The lowest BCUT2D eigenvalue weighted by molar-refractivity contribution is 0.0952. The van der Waals surface area contributed by atoms with Gasteiger partial charge >= 0.3 is 0 Å². The van der Waals surface area contributed by atoms with Gasteiger partial charge in [-0.3, -0.25) is 9.59 Å². The molecule has 0 aliphatic carbocycles.